The van der Waals surface area contributed by atoms with E-state index in [2.05, 4.69) is 17.6 Å². The Morgan fingerprint density at radius 2 is 1.68 bits per heavy atom. The van der Waals surface area contributed by atoms with Crippen molar-refractivity contribution >= 4 is 23.6 Å². The highest BCUT2D eigenvalue weighted by molar-refractivity contribution is 5.99. The first-order valence-corrected chi connectivity index (χ1v) is 13.9. The van der Waals surface area contributed by atoms with Crippen LogP contribution in [0.25, 0.3) is 0 Å². The van der Waals surface area contributed by atoms with Gasteiger partial charge in [-0.25, -0.2) is 4.79 Å². The van der Waals surface area contributed by atoms with Gasteiger partial charge < -0.3 is 30.1 Å². The Kier molecular flexibility index (Phi) is 12.9. The molecule has 3 amide bonds. The molecule has 9 heteroatoms. The first-order valence-electron chi connectivity index (χ1n) is 13.9. The lowest BCUT2D eigenvalue weighted by Gasteiger charge is -2.34. The Balaban J connectivity index is 2.45. The summed E-state index contributed by atoms with van der Waals surface area (Å²) in [6.45, 7) is 8.79. The molecular weight excluding hydrogens is 510 g/mol. The predicted octanol–water partition coefficient (Wildman–Crippen LogP) is 5.37. The van der Waals surface area contributed by atoms with E-state index in [1.165, 1.54) is 4.90 Å². The molecule has 0 heterocycles. The van der Waals surface area contributed by atoms with E-state index in [4.69, 9.17) is 9.47 Å². The molecule has 2 aromatic rings. The number of alkyl carbamates (subject to hydrolysis) is 1. The molecule has 0 fully saturated rings. The molecule has 0 bridgehead atoms. The van der Waals surface area contributed by atoms with Gasteiger partial charge in [-0.15, -0.1) is 0 Å². The fourth-order valence-corrected chi connectivity index (χ4v) is 4.29. The Labute approximate surface area is 238 Å². The normalized spacial score (nSPS) is 12.7. The number of hydrogen-bond donors (Lipinski definition) is 3. The number of methoxy groups -OCH3 is 1. The number of unbranched alkanes of at least 4 members (excludes halogenated alkanes) is 4. The number of anilines is 1. The van der Waals surface area contributed by atoms with Crippen LogP contribution in [-0.4, -0.2) is 59.8 Å². The maximum absolute atomic E-state index is 13.9. The van der Waals surface area contributed by atoms with Gasteiger partial charge in [-0.2, -0.15) is 0 Å². The second-order valence-electron chi connectivity index (χ2n) is 10.9. The fourth-order valence-electron chi connectivity index (χ4n) is 4.29. The molecule has 9 nitrogen and oxygen atoms in total. The summed E-state index contributed by atoms with van der Waals surface area (Å²) in [5.74, 6) is -0.331. The lowest BCUT2D eigenvalue weighted by atomic mass is 10.00. The number of aliphatic hydroxyl groups is 1. The number of aliphatic hydroxyl groups excluding tert-OH is 1. The molecule has 2 aromatic carbocycles. The van der Waals surface area contributed by atoms with Gasteiger partial charge in [-0.1, -0.05) is 62.4 Å². The molecule has 0 saturated carbocycles. The van der Waals surface area contributed by atoms with Crippen molar-refractivity contribution in [3.05, 3.63) is 59.7 Å². The Morgan fingerprint density at radius 1 is 1.00 bits per heavy atom. The molecule has 0 aliphatic rings. The molecule has 40 heavy (non-hydrogen) atoms. The van der Waals surface area contributed by atoms with Crippen LogP contribution < -0.4 is 15.4 Å². The molecule has 220 valence electrons. The molecule has 0 saturated heterocycles. The van der Waals surface area contributed by atoms with Crippen LogP contribution in [0.15, 0.2) is 48.5 Å². The van der Waals surface area contributed by atoms with Crippen molar-refractivity contribution in [3.8, 4) is 5.75 Å². The second-order valence-corrected chi connectivity index (χ2v) is 10.9. The van der Waals surface area contributed by atoms with E-state index in [-0.39, 0.29) is 6.54 Å². The van der Waals surface area contributed by atoms with Crippen molar-refractivity contribution in [1.82, 2.24) is 10.2 Å². The van der Waals surface area contributed by atoms with Crippen LogP contribution in [-0.2, 0) is 14.3 Å². The average Bonchev–Trinajstić information content (AvgIpc) is 2.90. The lowest BCUT2D eigenvalue weighted by molar-refractivity contribution is -0.141. The number of nitrogens with zero attached hydrogens (tertiary/aromatic N) is 1. The smallest absolute Gasteiger partial charge is 0.408 e. The monoisotopic (exact) mass is 555 g/mol. The third kappa shape index (κ3) is 10.5. The maximum Gasteiger partial charge on any atom is 0.408 e. The van der Waals surface area contributed by atoms with Gasteiger partial charge in [0.2, 0.25) is 5.91 Å². The van der Waals surface area contributed by atoms with Crippen molar-refractivity contribution in [2.45, 2.75) is 84.4 Å². The molecule has 2 atom stereocenters. The summed E-state index contributed by atoms with van der Waals surface area (Å²) < 4.78 is 10.5. The molecule has 0 aromatic heterocycles. The summed E-state index contributed by atoms with van der Waals surface area (Å²) in [4.78, 5) is 41.8. The van der Waals surface area contributed by atoms with Gasteiger partial charge in [0, 0.05) is 12.2 Å². The highest BCUT2D eigenvalue weighted by atomic mass is 16.6. The fraction of sp³-hybridized carbons (Fsp3) is 0.516. The van der Waals surface area contributed by atoms with E-state index >= 15 is 0 Å². The van der Waals surface area contributed by atoms with Crippen LogP contribution in [0.4, 0.5) is 10.5 Å². The summed E-state index contributed by atoms with van der Waals surface area (Å²) >= 11 is 0. The lowest BCUT2D eigenvalue weighted by Crippen LogP contribution is -2.54. The number of aryl methyl sites for hydroxylation is 1. The topological polar surface area (TPSA) is 117 Å². The Morgan fingerprint density at radius 3 is 2.25 bits per heavy atom. The van der Waals surface area contributed by atoms with E-state index < -0.39 is 42.2 Å². The molecule has 0 aliphatic heterocycles. The van der Waals surface area contributed by atoms with E-state index in [1.807, 2.05) is 25.1 Å². The largest absolute Gasteiger partial charge is 0.497 e. The first-order chi connectivity index (χ1) is 19.0. The van der Waals surface area contributed by atoms with Crippen LogP contribution in [0.1, 0.15) is 77.0 Å². The van der Waals surface area contributed by atoms with Crippen LogP contribution in [0, 0.1) is 6.92 Å². The van der Waals surface area contributed by atoms with Crippen molar-refractivity contribution in [2.75, 3.05) is 25.6 Å². The van der Waals surface area contributed by atoms with Crippen molar-refractivity contribution in [2.24, 2.45) is 0 Å². The minimum Gasteiger partial charge on any atom is -0.497 e. The van der Waals surface area contributed by atoms with Crippen LogP contribution in [0.2, 0.25) is 0 Å². The number of carbonyl (C=O) groups is 3. The highest BCUT2D eigenvalue weighted by Gasteiger charge is 2.36. The third-order valence-electron chi connectivity index (χ3n) is 6.23. The van der Waals surface area contributed by atoms with Gasteiger partial charge in [0.25, 0.3) is 5.91 Å². The molecule has 0 radical (unpaired) electrons. The van der Waals surface area contributed by atoms with Crippen LogP contribution in [0.3, 0.4) is 0 Å². The zero-order valence-corrected chi connectivity index (χ0v) is 24.7. The summed E-state index contributed by atoms with van der Waals surface area (Å²) in [5.41, 5.74) is 1.32. The highest BCUT2D eigenvalue weighted by Crippen LogP contribution is 2.26. The third-order valence-corrected chi connectivity index (χ3v) is 6.23. The summed E-state index contributed by atoms with van der Waals surface area (Å²) in [7, 11) is 1.56. The first kappa shape index (κ1) is 32.6. The maximum atomic E-state index is 13.9. The summed E-state index contributed by atoms with van der Waals surface area (Å²) in [6.07, 6.45) is 3.87. The number of ether oxygens (including phenoxy) is 2. The minimum atomic E-state index is -1.29. The van der Waals surface area contributed by atoms with E-state index in [1.54, 1.807) is 58.2 Å². The van der Waals surface area contributed by atoms with Gasteiger partial charge in [0.15, 0.2) is 0 Å². The summed E-state index contributed by atoms with van der Waals surface area (Å²) in [6, 6.07) is 12.1. The van der Waals surface area contributed by atoms with Crippen molar-refractivity contribution in [1.29, 1.82) is 0 Å². The molecule has 3 N–H and O–H groups in total. The minimum absolute atomic E-state index is 0.268. The number of amides is 3. The number of benzene rings is 2. The standard InChI is InChI=1S/C31H45N3O6/c1-7-8-9-10-11-19-34(29(37)26(21-35)33-30(38)40-31(3,4)5)27(23-14-12-13-22(2)20-23)28(36)32-24-15-17-25(39-6)18-16-24/h12-18,20,26-27,35H,7-11,19,21H2,1-6H3,(H,32,36)(H,33,38). The van der Waals surface area contributed by atoms with Gasteiger partial charge in [-0.05, 0) is 63.9 Å². The van der Waals surface area contributed by atoms with Crippen molar-refractivity contribution < 1.29 is 29.0 Å². The average molecular weight is 556 g/mol. The molecule has 2 unspecified atom stereocenters. The molecular formula is C31H45N3O6. The second kappa shape index (κ2) is 15.9. The zero-order valence-electron chi connectivity index (χ0n) is 24.7. The van der Waals surface area contributed by atoms with Gasteiger partial charge in [-0.3, -0.25) is 9.59 Å². The molecule has 0 aliphatic carbocycles. The summed E-state index contributed by atoms with van der Waals surface area (Å²) in [5, 5.41) is 15.5. The Bertz CT molecular complexity index is 1100. The predicted molar refractivity (Wildman–Crippen MR) is 156 cm³/mol. The number of hydrogen-bond acceptors (Lipinski definition) is 6. The SMILES string of the molecule is CCCCCCCN(C(=O)C(CO)NC(=O)OC(C)(C)C)C(C(=O)Nc1ccc(OC)cc1)c1cccc(C)c1. The van der Waals surface area contributed by atoms with Gasteiger partial charge in [0.1, 0.15) is 23.4 Å². The van der Waals surface area contributed by atoms with Crippen LogP contribution in [0.5, 0.6) is 5.75 Å². The zero-order chi connectivity index (χ0) is 29.7. The quantitative estimate of drug-likeness (QED) is 0.270. The van der Waals surface area contributed by atoms with Gasteiger partial charge >= 0.3 is 6.09 Å². The number of nitrogens with one attached hydrogen (secondary N) is 2. The van der Waals surface area contributed by atoms with E-state index in [0.717, 1.165) is 31.2 Å². The molecule has 2 rings (SSSR count). The number of rotatable bonds is 14. The molecule has 0 spiro atoms. The van der Waals surface area contributed by atoms with Gasteiger partial charge in [0.05, 0.1) is 13.7 Å². The Hall–Kier alpha value is -3.59. The van der Waals surface area contributed by atoms with E-state index in [0.29, 0.717) is 23.4 Å². The van der Waals surface area contributed by atoms with E-state index in [9.17, 15) is 19.5 Å². The number of carbonyl (C=O) groups excluding carboxylic acids is 3. The van der Waals surface area contributed by atoms with Crippen molar-refractivity contribution in [3.63, 3.8) is 0 Å². The van der Waals surface area contributed by atoms with Crippen LogP contribution >= 0.6 is 0 Å².